The first-order chi connectivity index (χ1) is 7.49. The molecule has 1 fully saturated rings. The van der Waals surface area contributed by atoms with Gasteiger partial charge in [0.15, 0.2) is 0 Å². The molecule has 0 aliphatic carbocycles. The number of hydrogen-bond donors (Lipinski definition) is 3. The number of nitrogens with one attached hydrogen (secondary N) is 2. The zero-order valence-corrected chi connectivity index (χ0v) is 10.2. The van der Waals surface area contributed by atoms with Crippen LogP contribution < -0.4 is 11.1 Å². The molecule has 4 N–H and O–H groups in total. The lowest BCUT2D eigenvalue weighted by Crippen LogP contribution is -2.50. The molecule has 0 unspecified atom stereocenters. The summed E-state index contributed by atoms with van der Waals surface area (Å²) in [6.45, 7) is 6.12. The molecule has 0 saturated carbocycles. The van der Waals surface area contributed by atoms with E-state index < -0.39 is 0 Å². The fraction of sp³-hybridized carbons (Fsp3) is 0.818. The summed E-state index contributed by atoms with van der Waals surface area (Å²) in [5.41, 5.74) is 5.35. The highest BCUT2D eigenvalue weighted by Crippen LogP contribution is 2.30. The molecule has 0 atom stereocenters. The van der Waals surface area contributed by atoms with Gasteiger partial charge in [-0.2, -0.15) is 0 Å². The number of amides is 2. The van der Waals surface area contributed by atoms with Crippen LogP contribution in [0.5, 0.6) is 0 Å². The van der Waals surface area contributed by atoms with Crippen molar-refractivity contribution in [1.82, 2.24) is 10.2 Å². The molecule has 5 nitrogen and oxygen atoms in total. The Morgan fingerprint density at radius 2 is 2.06 bits per heavy atom. The number of carbonyl (C=O) groups excluding carboxylic acids is 1. The average molecular weight is 226 g/mol. The summed E-state index contributed by atoms with van der Waals surface area (Å²) in [7, 11) is 0. The molecule has 5 heteroatoms. The van der Waals surface area contributed by atoms with Crippen LogP contribution in [-0.4, -0.2) is 36.4 Å². The number of nitrogens with two attached hydrogens (primary N) is 1. The van der Waals surface area contributed by atoms with E-state index in [-0.39, 0.29) is 17.3 Å². The molecular formula is C11H22N4O. The fourth-order valence-corrected chi connectivity index (χ4v) is 1.82. The van der Waals surface area contributed by atoms with E-state index in [0.29, 0.717) is 13.1 Å². The number of likely N-dealkylation sites (tertiary alicyclic amines) is 1. The molecule has 1 heterocycles. The van der Waals surface area contributed by atoms with Crippen LogP contribution in [0.1, 0.15) is 33.1 Å². The summed E-state index contributed by atoms with van der Waals surface area (Å²) < 4.78 is 0. The lowest BCUT2D eigenvalue weighted by molar-refractivity contribution is 0.159. The zero-order valence-electron chi connectivity index (χ0n) is 10.2. The van der Waals surface area contributed by atoms with Gasteiger partial charge in [0, 0.05) is 25.0 Å². The van der Waals surface area contributed by atoms with Crippen molar-refractivity contribution in [3.63, 3.8) is 0 Å². The van der Waals surface area contributed by atoms with Crippen molar-refractivity contribution in [3.05, 3.63) is 0 Å². The minimum Gasteiger partial charge on any atom is -0.387 e. The molecule has 0 spiro atoms. The van der Waals surface area contributed by atoms with E-state index in [1.54, 1.807) is 4.90 Å². The predicted octanol–water partition coefficient (Wildman–Crippen LogP) is 1.14. The highest BCUT2D eigenvalue weighted by Gasteiger charge is 2.34. The molecule has 1 aliphatic heterocycles. The minimum atomic E-state index is -0.221. The second-order valence-corrected chi connectivity index (χ2v) is 4.69. The molecule has 0 bridgehead atoms. The van der Waals surface area contributed by atoms with Gasteiger partial charge in [0.05, 0.1) is 5.84 Å². The van der Waals surface area contributed by atoms with Crippen molar-refractivity contribution >= 4 is 11.9 Å². The van der Waals surface area contributed by atoms with E-state index in [9.17, 15) is 4.79 Å². The van der Waals surface area contributed by atoms with Crippen molar-refractivity contribution in [1.29, 1.82) is 5.41 Å². The van der Waals surface area contributed by atoms with Gasteiger partial charge in [-0.25, -0.2) is 4.79 Å². The largest absolute Gasteiger partial charge is 0.387 e. The van der Waals surface area contributed by atoms with Gasteiger partial charge in [-0.15, -0.1) is 0 Å². The molecule has 0 aromatic heterocycles. The van der Waals surface area contributed by atoms with Gasteiger partial charge in [-0.05, 0) is 19.3 Å². The minimum absolute atomic E-state index is 0.00690. The molecule has 0 radical (unpaired) electrons. The number of piperidine rings is 1. The first kappa shape index (κ1) is 12.8. The third-order valence-electron chi connectivity index (χ3n) is 3.33. The Kier molecular flexibility index (Phi) is 4.15. The van der Waals surface area contributed by atoms with Crippen molar-refractivity contribution in [2.75, 3.05) is 19.6 Å². The van der Waals surface area contributed by atoms with E-state index in [1.807, 2.05) is 13.8 Å². The van der Waals surface area contributed by atoms with Crippen molar-refractivity contribution < 1.29 is 4.79 Å². The third kappa shape index (κ3) is 2.87. The van der Waals surface area contributed by atoms with Crippen LogP contribution >= 0.6 is 0 Å². The highest BCUT2D eigenvalue weighted by molar-refractivity contribution is 5.83. The van der Waals surface area contributed by atoms with Gasteiger partial charge >= 0.3 is 6.03 Å². The Balaban J connectivity index is 2.42. The standard InChI is InChI=1S/C11H22N4O/c1-3-6-14-10(16)15-7-4-11(2,5-8-15)9(12)13/h3-8H2,1-2H3,(H3,12,13)(H,14,16). The highest BCUT2D eigenvalue weighted by atomic mass is 16.2. The Bertz CT molecular complexity index is 269. The number of hydrogen-bond acceptors (Lipinski definition) is 2. The van der Waals surface area contributed by atoms with Gasteiger partial charge in [-0.1, -0.05) is 13.8 Å². The SMILES string of the molecule is CCCNC(=O)N1CCC(C)(C(=N)N)CC1. The second-order valence-electron chi connectivity index (χ2n) is 4.69. The van der Waals surface area contributed by atoms with Crippen molar-refractivity contribution in [2.45, 2.75) is 33.1 Å². The Morgan fingerprint density at radius 3 is 2.50 bits per heavy atom. The van der Waals surface area contributed by atoms with Crippen LogP contribution in [0.25, 0.3) is 0 Å². The number of urea groups is 1. The van der Waals surface area contributed by atoms with Gasteiger partial charge < -0.3 is 16.0 Å². The molecule has 92 valence electrons. The van der Waals surface area contributed by atoms with Crippen molar-refractivity contribution in [3.8, 4) is 0 Å². The topological polar surface area (TPSA) is 82.2 Å². The number of rotatable bonds is 3. The molecule has 1 aliphatic rings. The van der Waals surface area contributed by atoms with Crippen LogP contribution in [0.15, 0.2) is 0 Å². The van der Waals surface area contributed by atoms with E-state index in [4.69, 9.17) is 11.1 Å². The van der Waals surface area contributed by atoms with E-state index >= 15 is 0 Å². The molecule has 1 rings (SSSR count). The molecule has 0 aromatic carbocycles. The quantitative estimate of drug-likeness (QED) is 0.498. The first-order valence-corrected chi connectivity index (χ1v) is 5.87. The van der Waals surface area contributed by atoms with Crippen LogP contribution in [0.2, 0.25) is 0 Å². The second kappa shape index (κ2) is 5.18. The third-order valence-corrected chi connectivity index (χ3v) is 3.33. The summed E-state index contributed by atoms with van der Waals surface area (Å²) in [5.74, 6) is 0.237. The first-order valence-electron chi connectivity index (χ1n) is 5.87. The van der Waals surface area contributed by atoms with Gasteiger partial charge in [-0.3, -0.25) is 5.41 Å². The van der Waals surface area contributed by atoms with Crippen LogP contribution in [-0.2, 0) is 0 Å². The van der Waals surface area contributed by atoms with Crippen LogP contribution in [0.4, 0.5) is 4.79 Å². The maximum Gasteiger partial charge on any atom is 0.317 e. The zero-order chi connectivity index (χ0) is 12.2. The smallest absolute Gasteiger partial charge is 0.317 e. The lowest BCUT2D eigenvalue weighted by atomic mass is 9.79. The maximum atomic E-state index is 11.7. The van der Waals surface area contributed by atoms with Gasteiger partial charge in [0.1, 0.15) is 0 Å². The van der Waals surface area contributed by atoms with E-state index in [2.05, 4.69) is 5.32 Å². The summed E-state index contributed by atoms with van der Waals surface area (Å²) in [6, 6.07) is 0.00690. The predicted molar refractivity (Wildman–Crippen MR) is 64.5 cm³/mol. The maximum absolute atomic E-state index is 11.7. The Hall–Kier alpha value is -1.26. The molecule has 16 heavy (non-hydrogen) atoms. The number of nitrogens with zero attached hydrogens (tertiary/aromatic N) is 1. The summed E-state index contributed by atoms with van der Waals surface area (Å²) in [5, 5.41) is 10.4. The average Bonchev–Trinajstić information content (AvgIpc) is 2.26. The van der Waals surface area contributed by atoms with Gasteiger partial charge in [0.2, 0.25) is 0 Å². The number of carbonyl (C=O) groups is 1. The fourth-order valence-electron chi connectivity index (χ4n) is 1.82. The number of amidine groups is 1. The van der Waals surface area contributed by atoms with Crippen molar-refractivity contribution in [2.24, 2.45) is 11.1 Å². The summed E-state index contributed by atoms with van der Waals surface area (Å²) in [4.78, 5) is 13.5. The van der Waals surface area contributed by atoms with Crippen LogP contribution in [0, 0.1) is 10.8 Å². The monoisotopic (exact) mass is 226 g/mol. The molecule has 0 aromatic rings. The van der Waals surface area contributed by atoms with Crippen LogP contribution in [0.3, 0.4) is 0 Å². The van der Waals surface area contributed by atoms with E-state index in [1.165, 1.54) is 0 Å². The Labute approximate surface area is 96.9 Å². The summed E-state index contributed by atoms with van der Waals surface area (Å²) in [6.07, 6.45) is 2.51. The Morgan fingerprint density at radius 1 is 1.50 bits per heavy atom. The van der Waals surface area contributed by atoms with Gasteiger partial charge in [0.25, 0.3) is 0 Å². The molecule has 2 amide bonds. The lowest BCUT2D eigenvalue weighted by Gasteiger charge is -2.38. The molecular weight excluding hydrogens is 204 g/mol. The van der Waals surface area contributed by atoms with E-state index in [0.717, 1.165) is 25.8 Å². The normalized spacial score (nSPS) is 19.2. The molecule has 1 saturated heterocycles. The summed E-state index contributed by atoms with van der Waals surface area (Å²) >= 11 is 0.